The summed E-state index contributed by atoms with van der Waals surface area (Å²) in [4.78, 5) is 12.9. The zero-order valence-corrected chi connectivity index (χ0v) is 19.3. The van der Waals surface area contributed by atoms with Gasteiger partial charge in [0.25, 0.3) is 0 Å². The van der Waals surface area contributed by atoms with Crippen LogP contribution in [0.3, 0.4) is 0 Å². The Labute approximate surface area is 168 Å². The van der Waals surface area contributed by atoms with Crippen molar-refractivity contribution in [3.8, 4) is 5.75 Å². The van der Waals surface area contributed by atoms with Crippen molar-refractivity contribution in [1.29, 1.82) is 0 Å². The van der Waals surface area contributed by atoms with E-state index < -0.39 is 20.0 Å². The van der Waals surface area contributed by atoms with Crippen LogP contribution in [0.15, 0.2) is 18.2 Å². The fraction of sp³-hybridized carbons (Fsp3) is 0.619. The van der Waals surface area contributed by atoms with Gasteiger partial charge in [-0.15, -0.1) is 0 Å². The van der Waals surface area contributed by atoms with E-state index in [1.165, 1.54) is 0 Å². The summed E-state index contributed by atoms with van der Waals surface area (Å²) in [5.41, 5.74) is 0.847. The predicted molar refractivity (Wildman–Crippen MR) is 112 cm³/mol. The van der Waals surface area contributed by atoms with Gasteiger partial charge in [0.15, 0.2) is 14.1 Å². The van der Waals surface area contributed by atoms with E-state index >= 15 is 0 Å². The Bertz CT molecular complexity index is 896. The maximum Gasteiger partial charge on any atom is 0.192 e. The number of fused-ring (bicyclic) bond motifs is 1. The van der Waals surface area contributed by atoms with Crippen molar-refractivity contribution in [2.75, 3.05) is 13.7 Å². The number of nitrogens with zero attached hydrogens (tertiary/aromatic N) is 2. The molecule has 1 saturated heterocycles. The highest BCUT2D eigenvalue weighted by atomic mass is 28.4. The van der Waals surface area contributed by atoms with E-state index in [2.05, 4.69) is 33.9 Å². The van der Waals surface area contributed by atoms with Gasteiger partial charge >= 0.3 is 0 Å². The van der Waals surface area contributed by atoms with Crippen LogP contribution < -0.4 is 4.74 Å². The molecule has 1 fully saturated rings. The van der Waals surface area contributed by atoms with Crippen molar-refractivity contribution in [3.05, 3.63) is 23.9 Å². The number of ether oxygens (including phenoxy) is 2. The fourth-order valence-corrected chi connectivity index (χ4v) is 4.13. The topological polar surface area (TPSA) is 62.6 Å². The largest absolute Gasteiger partial charge is 0.494 e. The molecule has 0 amide bonds. The van der Waals surface area contributed by atoms with E-state index in [0.717, 1.165) is 16.6 Å². The lowest BCUT2D eigenvalue weighted by molar-refractivity contribution is -0.130. The second kappa shape index (κ2) is 6.97. The Kier molecular flexibility index (Phi) is 5.23. The Morgan fingerprint density at radius 1 is 1.32 bits per heavy atom. The highest BCUT2D eigenvalue weighted by molar-refractivity contribution is 6.74. The molecule has 3 rings (SSSR count). The summed E-state index contributed by atoms with van der Waals surface area (Å²) in [5, 5.41) is 5.82. The first-order valence-electron chi connectivity index (χ1n) is 9.75. The maximum absolute atomic E-state index is 12.9. The number of hydrogen-bond donors (Lipinski definition) is 0. The van der Waals surface area contributed by atoms with Crippen molar-refractivity contribution in [2.24, 2.45) is 0 Å². The van der Waals surface area contributed by atoms with Crippen LogP contribution >= 0.6 is 0 Å². The lowest BCUT2D eigenvalue weighted by Gasteiger charge is -2.36. The van der Waals surface area contributed by atoms with Gasteiger partial charge in [-0.05, 0) is 38.0 Å². The number of carbonyl (C=O) groups is 1. The molecule has 0 bridgehead atoms. The molecule has 2 aromatic rings. The molecule has 1 aromatic carbocycles. The molecule has 0 aliphatic carbocycles. The van der Waals surface area contributed by atoms with Crippen molar-refractivity contribution < 1.29 is 18.7 Å². The van der Waals surface area contributed by atoms with E-state index in [1.54, 1.807) is 11.8 Å². The summed E-state index contributed by atoms with van der Waals surface area (Å²) in [6, 6.07) is 5.39. The highest BCUT2D eigenvalue weighted by Crippen LogP contribution is 2.39. The Balaban J connectivity index is 2.08. The molecule has 1 unspecified atom stereocenters. The summed E-state index contributed by atoms with van der Waals surface area (Å²) >= 11 is 0. The lowest BCUT2D eigenvalue weighted by Crippen LogP contribution is -2.40. The molecule has 1 aliphatic rings. The Hall–Kier alpha value is -1.70. The van der Waals surface area contributed by atoms with Gasteiger partial charge in [0.2, 0.25) is 0 Å². The van der Waals surface area contributed by atoms with Crippen molar-refractivity contribution in [2.45, 2.75) is 71.0 Å². The number of carbonyl (C=O) groups excluding carboxylic acids is 1. The molecule has 0 N–H and O–H groups in total. The van der Waals surface area contributed by atoms with Crippen LogP contribution in [0.5, 0.6) is 5.75 Å². The standard InChI is InChI=1S/C21H32N2O4Si/c1-20(2,3)28(7,8)27-13-15-14-10-9-11-17(25-6)18(14)22-23(15)16-12-26-21(4,5)19(16)24/h9-11,16H,12-13H2,1-8H3. The first-order valence-corrected chi connectivity index (χ1v) is 12.7. The minimum atomic E-state index is -1.97. The molecule has 154 valence electrons. The molecule has 0 radical (unpaired) electrons. The summed E-state index contributed by atoms with van der Waals surface area (Å²) in [7, 11) is -0.335. The number of aromatic nitrogens is 2. The molecule has 0 saturated carbocycles. The van der Waals surface area contributed by atoms with Crippen molar-refractivity contribution in [3.63, 3.8) is 0 Å². The van der Waals surface area contributed by atoms with Crippen molar-refractivity contribution >= 4 is 25.0 Å². The van der Waals surface area contributed by atoms with Crippen LogP contribution in [0.4, 0.5) is 0 Å². The van der Waals surface area contributed by atoms with Gasteiger partial charge in [-0.25, -0.2) is 0 Å². The minimum absolute atomic E-state index is 0.0350. The third-order valence-electron chi connectivity index (χ3n) is 6.18. The molecule has 1 aromatic heterocycles. The van der Waals surface area contributed by atoms with Crippen LogP contribution in [0.2, 0.25) is 18.1 Å². The molecule has 1 atom stereocenters. The second-order valence-corrected chi connectivity index (χ2v) is 14.3. The monoisotopic (exact) mass is 404 g/mol. The van der Waals surface area contributed by atoms with Gasteiger partial charge in [-0.1, -0.05) is 32.9 Å². The zero-order chi connectivity index (χ0) is 20.9. The van der Waals surface area contributed by atoms with Crippen LogP contribution in [0.1, 0.15) is 46.4 Å². The second-order valence-electron chi connectivity index (χ2n) is 9.50. The van der Waals surface area contributed by atoms with E-state index in [1.807, 2.05) is 32.0 Å². The number of methoxy groups -OCH3 is 1. The molecule has 1 aliphatic heterocycles. The fourth-order valence-electron chi connectivity index (χ4n) is 3.20. The van der Waals surface area contributed by atoms with Gasteiger partial charge in [0, 0.05) is 5.39 Å². The van der Waals surface area contributed by atoms with E-state index in [4.69, 9.17) is 19.0 Å². The molecular formula is C21H32N2O4Si. The van der Waals surface area contributed by atoms with E-state index in [-0.39, 0.29) is 10.8 Å². The average molecular weight is 405 g/mol. The zero-order valence-electron chi connectivity index (χ0n) is 18.3. The number of benzene rings is 1. The summed E-state index contributed by atoms with van der Waals surface area (Å²) in [6.07, 6.45) is 0. The van der Waals surface area contributed by atoms with Crippen LogP contribution in [-0.2, 0) is 20.6 Å². The molecule has 0 spiro atoms. The number of hydrogen-bond acceptors (Lipinski definition) is 5. The smallest absolute Gasteiger partial charge is 0.192 e. The number of ketones is 1. The molecule has 2 heterocycles. The SMILES string of the molecule is COc1cccc2c(CO[Si](C)(C)C(C)(C)C)n(C3COC(C)(C)C3=O)nc12. The maximum atomic E-state index is 12.9. The normalized spacial score (nSPS) is 20.1. The Morgan fingerprint density at radius 2 is 2.00 bits per heavy atom. The number of Topliss-reactive ketones (excluding diaryl/α,β-unsaturated/α-hetero) is 1. The van der Waals surface area contributed by atoms with Crippen molar-refractivity contribution in [1.82, 2.24) is 9.78 Å². The lowest BCUT2D eigenvalue weighted by atomic mass is 10.0. The third kappa shape index (κ3) is 3.51. The molecule has 7 heteroatoms. The molecule has 28 heavy (non-hydrogen) atoms. The quantitative estimate of drug-likeness (QED) is 0.687. The van der Waals surface area contributed by atoms with E-state index in [9.17, 15) is 4.79 Å². The van der Waals surface area contributed by atoms with Gasteiger partial charge in [-0.3, -0.25) is 9.48 Å². The Morgan fingerprint density at radius 3 is 2.54 bits per heavy atom. The van der Waals surface area contributed by atoms with E-state index in [0.29, 0.717) is 19.0 Å². The minimum Gasteiger partial charge on any atom is -0.494 e. The predicted octanol–water partition coefficient (Wildman–Crippen LogP) is 4.49. The summed E-state index contributed by atoms with van der Waals surface area (Å²) in [5.74, 6) is 0.725. The number of rotatable bonds is 5. The summed E-state index contributed by atoms with van der Waals surface area (Å²) in [6.45, 7) is 15.4. The highest BCUT2D eigenvalue weighted by Gasteiger charge is 2.44. The van der Waals surface area contributed by atoms with Crippen LogP contribution in [0, 0.1) is 0 Å². The van der Waals surface area contributed by atoms with Crippen LogP contribution in [-0.4, -0.2) is 43.2 Å². The third-order valence-corrected chi connectivity index (χ3v) is 10.7. The first kappa shape index (κ1) is 21.0. The van der Waals surface area contributed by atoms with Gasteiger partial charge < -0.3 is 13.9 Å². The average Bonchev–Trinajstić information content (AvgIpc) is 3.09. The van der Waals surface area contributed by atoms with Gasteiger partial charge in [0.05, 0.1) is 26.0 Å². The van der Waals surface area contributed by atoms with Gasteiger partial charge in [0.1, 0.15) is 22.9 Å². The van der Waals surface area contributed by atoms with Gasteiger partial charge in [-0.2, -0.15) is 5.10 Å². The summed E-state index contributed by atoms with van der Waals surface area (Å²) < 4.78 is 19.6. The molecule has 6 nitrogen and oxygen atoms in total. The molecular weight excluding hydrogens is 372 g/mol. The first-order chi connectivity index (χ1) is 12.9. The van der Waals surface area contributed by atoms with Crippen LogP contribution in [0.25, 0.3) is 10.9 Å².